The molecule has 124 valence electrons. The van der Waals surface area contributed by atoms with Gasteiger partial charge in [0.1, 0.15) is 5.65 Å². The van der Waals surface area contributed by atoms with E-state index in [0.717, 1.165) is 22.7 Å². The summed E-state index contributed by atoms with van der Waals surface area (Å²) in [5, 5.41) is 14.3. The largest absolute Gasteiger partial charge is 0.478 e. The van der Waals surface area contributed by atoms with Gasteiger partial charge in [0.15, 0.2) is 0 Å². The molecule has 0 saturated carbocycles. The third-order valence-corrected chi connectivity index (χ3v) is 4.53. The number of aromatic nitrogens is 4. The number of anilines is 2. The Kier molecular flexibility index (Phi) is 3.66. The van der Waals surface area contributed by atoms with Gasteiger partial charge in [-0.25, -0.2) is 19.7 Å². The van der Waals surface area contributed by atoms with Crippen molar-refractivity contribution in [3.8, 4) is 11.4 Å². The van der Waals surface area contributed by atoms with Crippen LogP contribution in [-0.4, -0.2) is 30.4 Å². The lowest BCUT2D eigenvalue weighted by Crippen LogP contribution is -1.99. The lowest BCUT2D eigenvalue weighted by Gasteiger charge is -2.05. The van der Waals surface area contributed by atoms with E-state index < -0.39 is 5.97 Å². The van der Waals surface area contributed by atoms with Crippen LogP contribution < -0.4 is 5.32 Å². The van der Waals surface area contributed by atoms with Crippen LogP contribution in [0.3, 0.4) is 0 Å². The average Bonchev–Trinajstić information content (AvgIpc) is 3.18. The molecule has 2 N–H and O–H groups in total. The van der Waals surface area contributed by atoms with Gasteiger partial charge in [0.2, 0.25) is 5.95 Å². The first-order valence-corrected chi connectivity index (χ1v) is 8.36. The first-order valence-electron chi connectivity index (χ1n) is 7.48. The van der Waals surface area contributed by atoms with Crippen LogP contribution in [0.25, 0.3) is 17.0 Å². The second-order valence-corrected chi connectivity index (χ2v) is 6.28. The zero-order valence-corrected chi connectivity index (χ0v) is 14.0. The average molecular weight is 351 g/mol. The fourth-order valence-electron chi connectivity index (χ4n) is 2.60. The maximum Gasteiger partial charge on any atom is 0.336 e. The maximum absolute atomic E-state index is 11.0. The van der Waals surface area contributed by atoms with Gasteiger partial charge in [0, 0.05) is 17.8 Å². The topological polar surface area (TPSA) is 92.4 Å². The van der Waals surface area contributed by atoms with E-state index in [-0.39, 0.29) is 5.56 Å². The van der Waals surface area contributed by atoms with Crippen molar-refractivity contribution in [1.82, 2.24) is 19.4 Å². The fourth-order valence-corrected chi connectivity index (χ4v) is 3.37. The zero-order chi connectivity index (χ0) is 17.4. The van der Waals surface area contributed by atoms with E-state index in [4.69, 9.17) is 5.11 Å². The van der Waals surface area contributed by atoms with Crippen LogP contribution in [-0.2, 0) is 0 Å². The summed E-state index contributed by atoms with van der Waals surface area (Å²) in [4.78, 5) is 24.3. The van der Waals surface area contributed by atoms with Crippen molar-refractivity contribution < 1.29 is 9.90 Å². The predicted molar refractivity (Wildman–Crippen MR) is 95.5 cm³/mol. The molecule has 0 amide bonds. The van der Waals surface area contributed by atoms with Crippen molar-refractivity contribution in [2.24, 2.45) is 0 Å². The molecule has 0 saturated heterocycles. The first-order chi connectivity index (χ1) is 12.1. The predicted octanol–water partition coefficient (Wildman–Crippen LogP) is 3.60. The molecule has 4 aromatic heterocycles. The minimum absolute atomic E-state index is 0.237. The maximum atomic E-state index is 11.0. The first kappa shape index (κ1) is 15.3. The normalized spacial score (nSPS) is 10.9. The summed E-state index contributed by atoms with van der Waals surface area (Å²) in [5.41, 5.74) is 3.61. The summed E-state index contributed by atoms with van der Waals surface area (Å²) < 4.78 is 1.98. The Morgan fingerprint density at radius 2 is 2.16 bits per heavy atom. The van der Waals surface area contributed by atoms with Crippen LogP contribution >= 0.6 is 11.3 Å². The molecule has 0 radical (unpaired) electrons. The number of nitrogens with one attached hydrogen (secondary N) is 1. The molecule has 0 bridgehead atoms. The molecule has 7 nitrogen and oxygen atoms in total. The standard InChI is InChI=1S/C17H13N5O2S/c1-10-15(22-7-3-2-4-13(22)19-10)12-5-6-18-17(20-12)21-14-8-11(9-25-14)16(23)24/h2-9H,1H3,(H,23,24)(H,18,20,21). The van der Waals surface area contributed by atoms with Crippen LogP contribution in [0.4, 0.5) is 10.9 Å². The minimum Gasteiger partial charge on any atom is -0.478 e. The van der Waals surface area contributed by atoms with Crippen molar-refractivity contribution in [2.45, 2.75) is 6.92 Å². The van der Waals surface area contributed by atoms with Crippen LogP contribution in [0.15, 0.2) is 48.1 Å². The Hall–Kier alpha value is -3.26. The molecule has 0 spiro atoms. The van der Waals surface area contributed by atoms with Crippen molar-refractivity contribution in [1.29, 1.82) is 0 Å². The monoisotopic (exact) mass is 351 g/mol. The molecule has 25 heavy (non-hydrogen) atoms. The minimum atomic E-state index is -0.958. The van der Waals surface area contributed by atoms with Crippen molar-refractivity contribution >= 4 is 33.9 Å². The number of pyridine rings is 1. The van der Waals surface area contributed by atoms with Gasteiger partial charge in [-0.3, -0.25) is 4.40 Å². The lowest BCUT2D eigenvalue weighted by atomic mass is 10.2. The number of aryl methyl sites for hydroxylation is 1. The van der Waals surface area contributed by atoms with E-state index in [1.165, 1.54) is 11.3 Å². The Morgan fingerprint density at radius 3 is 2.96 bits per heavy atom. The Bertz CT molecular complexity index is 1090. The third kappa shape index (κ3) is 2.83. The van der Waals surface area contributed by atoms with E-state index in [0.29, 0.717) is 10.9 Å². The van der Waals surface area contributed by atoms with Gasteiger partial charge in [0.05, 0.1) is 27.6 Å². The molecule has 0 aliphatic rings. The highest BCUT2D eigenvalue weighted by molar-refractivity contribution is 7.14. The molecule has 0 atom stereocenters. The van der Waals surface area contributed by atoms with Gasteiger partial charge in [-0.1, -0.05) is 6.07 Å². The number of carboxylic acids is 1. The number of carbonyl (C=O) groups is 1. The van der Waals surface area contributed by atoms with Crippen molar-refractivity contribution in [3.63, 3.8) is 0 Å². The third-order valence-electron chi connectivity index (χ3n) is 3.68. The summed E-state index contributed by atoms with van der Waals surface area (Å²) in [6.45, 7) is 1.94. The second-order valence-electron chi connectivity index (χ2n) is 5.37. The number of rotatable bonds is 4. The van der Waals surface area contributed by atoms with Crippen LogP contribution in [0.5, 0.6) is 0 Å². The Labute approximate surface area is 146 Å². The van der Waals surface area contributed by atoms with E-state index in [2.05, 4.69) is 20.3 Å². The Balaban J connectivity index is 1.71. The van der Waals surface area contributed by atoms with E-state index in [1.54, 1.807) is 17.6 Å². The SMILES string of the molecule is Cc1nc2ccccn2c1-c1ccnc(Nc2cc(C(=O)O)cs2)n1. The number of carboxylic acid groups (broad SMARTS) is 1. The van der Waals surface area contributed by atoms with Gasteiger partial charge >= 0.3 is 5.97 Å². The van der Waals surface area contributed by atoms with Crippen LogP contribution in [0.1, 0.15) is 16.1 Å². The van der Waals surface area contributed by atoms with Crippen molar-refractivity contribution in [2.75, 3.05) is 5.32 Å². The van der Waals surface area contributed by atoms with Gasteiger partial charge in [-0.05, 0) is 31.2 Å². The highest BCUT2D eigenvalue weighted by atomic mass is 32.1. The number of hydrogen-bond donors (Lipinski definition) is 2. The molecule has 0 fully saturated rings. The van der Waals surface area contributed by atoms with Gasteiger partial charge in [-0.15, -0.1) is 11.3 Å². The summed E-state index contributed by atoms with van der Waals surface area (Å²) in [5.74, 6) is -0.554. The van der Waals surface area contributed by atoms with E-state index in [1.807, 2.05) is 41.8 Å². The number of thiophene rings is 1. The highest BCUT2D eigenvalue weighted by Crippen LogP contribution is 2.26. The molecule has 4 rings (SSSR count). The smallest absolute Gasteiger partial charge is 0.336 e. The van der Waals surface area contributed by atoms with Gasteiger partial charge in [-0.2, -0.15) is 0 Å². The van der Waals surface area contributed by atoms with Crippen LogP contribution in [0, 0.1) is 6.92 Å². The number of imidazole rings is 1. The summed E-state index contributed by atoms with van der Waals surface area (Å²) in [6.07, 6.45) is 3.61. The zero-order valence-electron chi connectivity index (χ0n) is 13.2. The number of fused-ring (bicyclic) bond motifs is 1. The van der Waals surface area contributed by atoms with E-state index >= 15 is 0 Å². The second kappa shape index (κ2) is 5.99. The number of hydrogen-bond acceptors (Lipinski definition) is 6. The summed E-state index contributed by atoms with van der Waals surface area (Å²) in [7, 11) is 0. The molecule has 0 aliphatic heterocycles. The molecule has 0 aromatic carbocycles. The van der Waals surface area contributed by atoms with Gasteiger partial charge < -0.3 is 10.4 Å². The molecular weight excluding hydrogens is 338 g/mol. The van der Waals surface area contributed by atoms with Crippen LogP contribution in [0.2, 0.25) is 0 Å². The number of nitrogens with zero attached hydrogens (tertiary/aromatic N) is 4. The van der Waals surface area contributed by atoms with E-state index in [9.17, 15) is 4.79 Å². The summed E-state index contributed by atoms with van der Waals surface area (Å²) >= 11 is 1.29. The molecule has 8 heteroatoms. The van der Waals surface area contributed by atoms with Crippen molar-refractivity contribution in [3.05, 3.63) is 59.4 Å². The molecule has 4 aromatic rings. The molecule has 4 heterocycles. The number of aromatic carboxylic acids is 1. The van der Waals surface area contributed by atoms with Gasteiger partial charge in [0.25, 0.3) is 0 Å². The quantitative estimate of drug-likeness (QED) is 0.583. The molecular formula is C17H13N5O2S. The highest BCUT2D eigenvalue weighted by Gasteiger charge is 2.13. The Morgan fingerprint density at radius 1 is 1.28 bits per heavy atom. The summed E-state index contributed by atoms with van der Waals surface area (Å²) in [6, 6.07) is 9.20. The molecule has 0 unspecified atom stereocenters. The lowest BCUT2D eigenvalue weighted by molar-refractivity contribution is 0.0697. The molecule has 0 aliphatic carbocycles. The fraction of sp³-hybridized carbons (Fsp3) is 0.0588.